The lowest BCUT2D eigenvalue weighted by molar-refractivity contribution is 0.0731. The zero-order chi connectivity index (χ0) is 19.4. The van der Waals surface area contributed by atoms with Crippen LogP contribution in [-0.2, 0) is 13.6 Å². The van der Waals surface area contributed by atoms with Crippen molar-refractivity contribution in [2.24, 2.45) is 7.05 Å². The van der Waals surface area contributed by atoms with Gasteiger partial charge in [0.1, 0.15) is 17.1 Å². The Bertz CT molecular complexity index is 849. The summed E-state index contributed by atoms with van der Waals surface area (Å²) in [6, 6.07) is 1.86. The fraction of sp³-hybridized carbons (Fsp3) is 0.550. The van der Waals surface area contributed by atoms with E-state index in [1.54, 1.807) is 11.1 Å². The van der Waals surface area contributed by atoms with Gasteiger partial charge in [0.05, 0.1) is 6.54 Å². The number of piperidine rings is 1. The highest BCUT2D eigenvalue weighted by Gasteiger charge is 2.26. The van der Waals surface area contributed by atoms with Crippen molar-refractivity contribution in [1.29, 1.82) is 0 Å². The van der Waals surface area contributed by atoms with Gasteiger partial charge in [-0.25, -0.2) is 9.78 Å². The molecule has 3 heterocycles. The third-order valence-electron chi connectivity index (χ3n) is 5.11. The SMILES string of the molecule is CCCN(Cc1nccn1C)C(=O)c1c(C)cc(C2CCCNC2)oc1=O. The van der Waals surface area contributed by atoms with Gasteiger partial charge in [0.2, 0.25) is 0 Å². The van der Waals surface area contributed by atoms with E-state index in [2.05, 4.69) is 10.3 Å². The van der Waals surface area contributed by atoms with Crippen LogP contribution in [0.1, 0.15) is 59.6 Å². The van der Waals surface area contributed by atoms with Crippen LogP contribution in [0.3, 0.4) is 0 Å². The minimum atomic E-state index is -0.540. The van der Waals surface area contributed by atoms with Gasteiger partial charge in [-0.2, -0.15) is 0 Å². The second-order valence-corrected chi connectivity index (χ2v) is 7.22. The van der Waals surface area contributed by atoms with Crippen LogP contribution in [0.25, 0.3) is 0 Å². The lowest BCUT2D eigenvalue weighted by atomic mass is 9.95. The number of hydrogen-bond donors (Lipinski definition) is 1. The van der Waals surface area contributed by atoms with Crippen LogP contribution < -0.4 is 10.9 Å². The predicted octanol–water partition coefficient (Wildman–Crippen LogP) is 2.20. The largest absolute Gasteiger partial charge is 0.427 e. The maximum atomic E-state index is 13.1. The Balaban J connectivity index is 1.87. The van der Waals surface area contributed by atoms with E-state index in [9.17, 15) is 9.59 Å². The van der Waals surface area contributed by atoms with Crippen molar-refractivity contribution in [3.05, 3.63) is 51.6 Å². The number of nitrogens with zero attached hydrogens (tertiary/aromatic N) is 3. The minimum absolute atomic E-state index is 0.130. The molecule has 3 rings (SSSR count). The summed E-state index contributed by atoms with van der Waals surface area (Å²) in [5.41, 5.74) is 0.268. The zero-order valence-corrected chi connectivity index (χ0v) is 16.3. The lowest BCUT2D eigenvalue weighted by Gasteiger charge is -2.24. The van der Waals surface area contributed by atoms with Crippen LogP contribution in [0.2, 0.25) is 0 Å². The predicted molar refractivity (Wildman–Crippen MR) is 103 cm³/mol. The Hall–Kier alpha value is -2.41. The Labute approximate surface area is 159 Å². The lowest BCUT2D eigenvalue weighted by Crippen LogP contribution is -2.36. The summed E-state index contributed by atoms with van der Waals surface area (Å²) in [5.74, 6) is 1.35. The summed E-state index contributed by atoms with van der Waals surface area (Å²) in [6.45, 7) is 6.54. The molecular weight excluding hydrogens is 344 g/mol. The first-order chi connectivity index (χ1) is 13.0. The molecule has 0 radical (unpaired) electrons. The summed E-state index contributed by atoms with van der Waals surface area (Å²) in [5, 5.41) is 3.33. The summed E-state index contributed by atoms with van der Waals surface area (Å²) in [4.78, 5) is 31.8. The van der Waals surface area contributed by atoms with Gasteiger partial charge in [-0.3, -0.25) is 4.79 Å². The molecule has 146 valence electrons. The molecule has 1 N–H and O–H groups in total. The molecule has 27 heavy (non-hydrogen) atoms. The highest BCUT2D eigenvalue weighted by molar-refractivity contribution is 5.95. The fourth-order valence-corrected chi connectivity index (χ4v) is 3.59. The highest BCUT2D eigenvalue weighted by Crippen LogP contribution is 2.24. The average molecular weight is 372 g/mol. The van der Waals surface area contributed by atoms with Crippen molar-refractivity contribution >= 4 is 5.91 Å². The van der Waals surface area contributed by atoms with E-state index >= 15 is 0 Å². The number of rotatable bonds is 6. The maximum Gasteiger partial charge on any atom is 0.349 e. The summed E-state index contributed by atoms with van der Waals surface area (Å²) in [6.07, 6.45) is 6.39. The molecule has 1 aliphatic rings. The van der Waals surface area contributed by atoms with Crippen LogP contribution in [-0.4, -0.2) is 40.0 Å². The van der Waals surface area contributed by atoms with E-state index < -0.39 is 5.63 Å². The molecule has 2 aromatic rings. The van der Waals surface area contributed by atoms with Gasteiger partial charge >= 0.3 is 5.63 Å². The van der Waals surface area contributed by atoms with Gasteiger partial charge in [-0.15, -0.1) is 0 Å². The first-order valence-electron chi connectivity index (χ1n) is 9.62. The smallest absolute Gasteiger partial charge is 0.349 e. The normalized spacial score (nSPS) is 17.1. The molecule has 1 aliphatic heterocycles. The second kappa shape index (κ2) is 8.52. The van der Waals surface area contributed by atoms with Gasteiger partial charge in [-0.1, -0.05) is 6.92 Å². The molecule has 7 heteroatoms. The molecular formula is C20H28N4O3. The number of carbonyl (C=O) groups excluding carboxylic acids is 1. The van der Waals surface area contributed by atoms with E-state index in [1.807, 2.05) is 37.7 Å². The van der Waals surface area contributed by atoms with Crippen molar-refractivity contribution in [3.63, 3.8) is 0 Å². The Morgan fingerprint density at radius 1 is 1.48 bits per heavy atom. The van der Waals surface area contributed by atoms with Crippen molar-refractivity contribution < 1.29 is 9.21 Å². The third kappa shape index (κ3) is 4.30. The molecule has 1 amide bonds. The van der Waals surface area contributed by atoms with Crippen LogP contribution in [0.5, 0.6) is 0 Å². The topological polar surface area (TPSA) is 80.4 Å². The maximum absolute atomic E-state index is 13.1. The Morgan fingerprint density at radius 2 is 2.30 bits per heavy atom. The molecule has 2 aromatic heterocycles. The van der Waals surface area contributed by atoms with Gasteiger partial charge in [-0.05, 0) is 44.4 Å². The number of aromatic nitrogens is 2. The molecule has 1 unspecified atom stereocenters. The molecule has 7 nitrogen and oxygen atoms in total. The number of hydrogen-bond acceptors (Lipinski definition) is 5. The number of amides is 1. The molecule has 1 atom stereocenters. The average Bonchev–Trinajstić information content (AvgIpc) is 3.06. The van der Waals surface area contributed by atoms with E-state index in [0.717, 1.165) is 38.2 Å². The fourth-order valence-electron chi connectivity index (χ4n) is 3.59. The van der Waals surface area contributed by atoms with Crippen LogP contribution in [0.15, 0.2) is 27.7 Å². The molecule has 0 aromatic carbocycles. The third-order valence-corrected chi connectivity index (χ3v) is 5.11. The molecule has 0 bridgehead atoms. The number of imidazole rings is 1. The quantitative estimate of drug-likeness (QED) is 0.841. The van der Waals surface area contributed by atoms with E-state index in [0.29, 0.717) is 24.4 Å². The van der Waals surface area contributed by atoms with Crippen molar-refractivity contribution in [3.8, 4) is 0 Å². The van der Waals surface area contributed by atoms with Gasteiger partial charge in [0.15, 0.2) is 0 Å². The summed E-state index contributed by atoms with van der Waals surface area (Å²) < 4.78 is 7.45. The van der Waals surface area contributed by atoms with Gasteiger partial charge < -0.3 is 19.2 Å². The van der Waals surface area contributed by atoms with Gasteiger partial charge in [0, 0.05) is 38.4 Å². The van der Waals surface area contributed by atoms with Crippen LogP contribution in [0, 0.1) is 6.92 Å². The van der Waals surface area contributed by atoms with E-state index in [1.165, 1.54) is 0 Å². The summed E-state index contributed by atoms with van der Waals surface area (Å²) in [7, 11) is 1.89. The second-order valence-electron chi connectivity index (χ2n) is 7.22. The van der Waals surface area contributed by atoms with Crippen LogP contribution >= 0.6 is 0 Å². The number of aryl methyl sites for hydroxylation is 2. The van der Waals surface area contributed by atoms with Crippen LogP contribution in [0.4, 0.5) is 0 Å². The van der Waals surface area contributed by atoms with Crippen molar-refractivity contribution in [2.45, 2.75) is 45.6 Å². The summed E-state index contributed by atoms with van der Waals surface area (Å²) >= 11 is 0. The highest BCUT2D eigenvalue weighted by atomic mass is 16.4. The monoisotopic (exact) mass is 372 g/mol. The van der Waals surface area contributed by atoms with E-state index in [4.69, 9.17) is 4.42 Å². The standard InChI is InChI=1S/C20H28N4O3/c1-4-9-24(13-17-22-8-10-23(17)3)19(25)18-14(2)11-16(27-20(18)26)15-6-5-7-21-12-15/h8,10-11,15,21H,4-7,9,12-13H2,1-3H3. The van der Waals surface area contributed by atoms with Gasteiger partial charge in [0.25, 0.3) is 5.91 Å². The van der Waals surface area contributed by atoms with E-state index in [-0.39, 0.29) is 17.4 Å². The first-order valence-corrected chi connectivity index (χ1v) is 9.62. The number of nitrogens with one attached hydrogen (secondary N) is 1. The minimum Gasteiger partial charge on any atom is -0.427 e. The molecule has 0 aliphatic carbocycles. The molecule has 0 saturated carbocycles. The first kappa shape index (κ1) is 19.4. The molecule has 1 fully saturated rings. The molecule has 0 spiro atoms. The Kier molecular flexibility index (Phi) is 6.11. The van der Waals surface area contributed by atoms with Crippen molar-refractivity contribution in [1.82, 2.24) is 19.8 Å². The molecule has 1 saturated heterocycles. The number of carbonyl (C=O) groups is 1. The zero-order valence-electron chi connectivity index (χ0n) is 16.3. The van der Waals surface area contributed by atoms with Crippen molar-refractivity contribution in [2.75, 3.05) is 19.6 Å². The Morgan fingerprint density at radius 3 is 2.89 bits per heavy atom.